The van der Waals surface area contributed by atoms with Gasteiger partial charge in [-0.05, 0) is 37.9 Å². The van der Waals surface area contributed by atoms with Crippen LogP contribution < -0.4 is 4.74 Å². The Morgan fingerprint density at radius 2 is 2.00 bits per heavy atom. The summed E-state index contributed by atoms with van der Waals surface area (Å²) in [5.41, 5.74) is 0. The van der Waals surface area contributed by atoms with Crippen molar-refractivity contribution < 1.29 is 4.74 Å². The first-order valence-corrected chi connectivity index (χ1v) is 6.65. The molecule has 1 aliphatic heterocycles. The molecular weight excluding hydrogens is 222 g/mol. The molecule has 0 aliphatic carbocycles. The van der Waals surface area contributed by atoms with Gasteiger partial charge in [0.15, 0.2) is 0 Å². The highest BCUT2D eigenvalue weighted by atomic mass is 16.5. The smallest absolute Gasteiger partial charge is 0.127 e. The highest BCUT2D eigenvalue weighted by Crippen LogP contribution is 2.26. The lowest BCUT2D eigenvalue weighted by Gasteiger charge is -2.20. The first-order valence-electron chi connectivity index (χ1n) is 6.65. The fraction of sp³-hybridized carbons (Fsp3) is 0.375. The molecule has 0 aromatic heterocycles. The first kappa shape index (κ1) is 11.5. The molecule has 1 aliphatic rings. The molecule has 94 valence electrons. The van der Waals surface area contributed by atoms with Gasteiger partial charge in [-0.1, -0.05) is 36.4 Å². The van der Waals surface area contributed by atoms with E-state index in [1.807, 2.05) is 0 Å². The zero-order chi connectivity index (χ0) is 12.4. The van der Waals surface area contributed by atoms with Crippen molar-refractivity contribution in [2.75, 3.05) is 20.2 Å². The largest absolute Gasteiger partial charge is 0.491 e. The van der Waals surface area contributed by atoms with Gasteiger partial charge < -0.3 is 9.64 Å². The fourth-order valence-corrected chi connectivity index (χ4v) is 2.70. The Bertz CT molecular complexity index is 532. The second-order valence-corrected chi connectivity index (χ2v) is 5.06. The van der Waals surface area contributed by atoms with Gasteiger partial charge in [-0.3, -0.25) is 0 Å². The van der Waals surface area contributed by atoms with Gasteiger partial charge in [0.25, 0.3) is 0 Å². The molecule has 1 saturated heterocycles. The average molecular weight is 241 g/mol. The van der Waals surface area contributed by atoms with Gasteiger partial charge in [-0.15, -0.1) is 0 Å². The van der Waals surface area contributed by atoms with Gasteiger partial charge in [0.2, 0.25) is 0 Å². The molecular formula is C16H19NO. The zero-order valence-corrected chi connectivity index (χ0v) is 10.8. The monoisotopic (exact) mass is 241 g/mol. The molecule has 0 saturated carbocycles. The van der Waals surface area contributed by atoms with Gasteiger partial charge >= 0.3 is 0 Å². The van der Waals surface area contributed by atoms with Crippen molar-refractivity contribution in [2.24, 2.45) is 0 Å². The standard InChI is InChI=1S/C16H19NO/c1-17-11-5-8-14(17)12-18-16-10-4-7-13-6-2-3-9-15(13)16/h2-4,6-7,9-10,14H,5,8,11-12H2,1H3/t14-/m0/s1. The van der Waals surface area contributed by atoms with Crippen molar-refractivity contribution in [3.05, 3.63) is 42.5 Å². The lowest BCUT2D eigenvalue weighted by Crippen LogP contribution is -2.30. The van der Waals surface area contributed by atoms with E-state index in [4.69, 9.17) is 4.74 Å². The molecule has 1 heterocycles. The molecule has 2 aromatic carbocycles. The van der Waals surface area contributed by atoms with Crippen molar-refractivity contribution >= 4 is 10.8 Å². The van der Waals surface area contributed by atoms with E-state index in [0.29, 0.717) is 6.04 Å². The number of nitrogens with zero attached hydrogens (tertiary/aromatic N) is 1. The minimum Gasteiger partial charge on any atom is -0.491 e. The van der Waals surface area contributed by atoms with E-state index >= 15 is 0 Å². The van der Waals surface area contributed by atoms with Gasteiger partial charge in [0.1, 0.15) is 12.4 Å². The minimum atomic E-state index is 0.573. The summed E-state index contributed by atoms with van der Waals surface area (Å²) in [6.07, 6.45) is 2.54. The van der Waals surface area contributed by atoms with E-state index in [2.05, 4.69) is 54.4 Å². The van der Waals surface area contributed by atoms with E-state index in [9.17, 15) is 0 Å². The van der Waals surface area contributed by atoms with Gasteiger partial charge in [-0.2, -0.15) is 0 Å². The van der Waals surface area contributed by atoms with Gasteiger partial charge in [0.05, 0.1) is 0 Å². The molecule has 0 unspecified atom stereocenters. The van der Waals surface area contributed by atoms with Crippen LogP contribution in [0.4, 0.5) is 0 Å². The Labute approximate surface area is 108 Å². The maximum atomic E-state index is 6.03. The zero-order valence-electron chi connectivity index (χ0n) is 10.8. The number of likely N-dealkylation sites (tertiary alicyclic amines) is 1. The molecule has 0 N–H and O–H groups in total. The van der Waals surface area contributed by atoms with Crippen LogP contribution in [0.15, 0.2) is 42.5 Å². The highest BCUT2D eigenvalue weighted by Gasteiger charge is 2.21. The Balaban J connectivity index is 1.78. The maximum absolute atomic E-state index is 6.03. The Morgan fingerprint density at radius 3 is 2.83 bits per heavy atom. The highest BCUT2D eigenvalue weighted by molar-refractivity contribution is 5.88. The number of rotatable bonds is 3. The molecule has 0 radical (unpaired) electrons. The van der Waals surface area contributed by atoms with Crippen molar-refractivity contribution in [3.63, 3.8) is 0 Å². The summed E-state index contributed by atoms with van der Waals surface area (Å²) in [6.45, 7) is 1.99. The predicted octanol–water partition coefficient (Wildman–Crippen LogP) is 3.31. The van der Waals surface area contributed by atoms with Crippen LogP contribution in [-0.2, 0) is 0 Å². The molecule has 0 amide bonds. The predicted molar refractivity (Wildman–Crippen MR) is 75.1 cm³/mol. The average Bonchev–Trinajstić information content (AvgIpc) is 2.82. The molecule has 18 heavy (non-hydrogen) atoms. The third-order valence-corrected chi connectivity index (χ3v) is 3.85. The van der Waals surface area contributed by atoms with Gasteiger partial charge in [-0.25, -0.2) is 0 Å². The second-order valence-electron chi connectivity index (χ2n) is 5.06. The third kappa shape index (κ3) is 2.21. The lowest BCUT2D eigenvalue weighted by atomic mass is 10.1. The lowest BCUT2D eigenvalue weighted by molar-refractivity contribution is 0.200. The molecule has 1 fully saturated rings. The van der Waals surface area contributed by atoms with Crippen LogP contribution in [0.1, 0.15) is 12.8 Å². The number of ether oxygens (including phenoxy) is 1. The van der Waals surface area contributed by atoms with Crippen molar-refractivity contribution in [2.45, 2.75) is 18.9 Å². The van der Waals surface area contributed by atoms with Crippen molar-refractivity contribution in [1.29, 1.82) is 0 Å². The van der Waals surface area contributed by atoms with Crippen LogP contribution in [0.25, 0.3) is 10.8 Å². The summed E-state index contributed by atoms with van der Waals surface area (Å²) in [5, 5.41) is 2.45. The Kier molecular flexibility index (Phi) is 3.20. The van der Waals surface area contributed by atoms with Crippen LogP contribution in [-0.4, -0.2) is 31.1 Å². The van der Waals surface area contributed by atoms with Crippen molar-refractivity contribution in [1.82, 2.24) is 4.90 Å². The van der Waals surface area contributed by atoms with Crippen LogP contribution in [0.5, 0.6) is 5.75 Å². The number of hydrogen-bond donors (Lipinski definition) is 0. The van der Waals surface area contributed by atoms with E-state index in [0.717, 1.165) is 12.4 Å². The molecule has 1 atom stereocenters. The number of fused-ring (bicyclic) bond motifs is 1. The summed E-state index contributed by atoms with van der Waals surface area (Å²) in [6, 6.07) is 15.2. The molecule has 2 nitrogen and oxygen atoms in total. The molecule has 2 aromatic rings. The normalized spacial score (nSPS) is 20.4. The van der Waals surface area contributed by atoms with Crippen LogP contribution in [0.2, 0.25) is 0 Å². The SMILES string of the molecule is CN1CCC[C@H]1COc1cccc2ccccc12. The third-order valence-electron chi connectivity index (χ3n) is 3.85. The topological polar surface area (TPSA) is 12.5 Å². The second kappa shape index (κ2) is 4.99. The molecule has 0 bridgehead atoms. The maximum Gasteiger partial charge on any atom is 0.127 e. The number of benzene rings is 2. The summed E-state index contributed by atoms with van der Waals surface area (Å²) in [5.74, 6) is 1.01. The van der Waals surface area contributed by atoms with Crippen LogP contribution in [0.3, 0.4) is 0 Å². The number of hydrogen-bond acceptors (Lipinski definition) is 2. The van der Waals surface area contributed by atoms with Crippen LogP contribution >= 0.6 is 0 Å². The van der Waals surface area contributed by atoms with E-state index in [-0.39, 0.29) is 0 Å². The summed E-state index contributed by atoms with van der Waals surface area (Å²) in [4.78, 5) is 2.39. The molecule has 3 rings (SSSR count). The van der Waals surface area contributed by atoms with Gasteiger partial charge in [0, 0.05) is 11.4 Å². The van der Waals surface area contributed by atoms with Crippen molar-refractivity contribution in [3.8, 4) is 5.75 Å². The van der Waals surface area contributed by atoms with E-state index in [1.165, 1.54) is 30.2 Å². The number of likely N-dealkylation sites (N-methyl/N-ethyl adjacent to an activating group) is 1. The van der Waals surface area contributed by atoms with Crippen LogP contribution in [0, 0.1) is 0 Å². The van der Waals surface area contributed by atoms with E-state index < -0.39 is 0 Å². The first-order chi connectivity index (χ1) is 8.84. The van der Waals surface area contributed by atoms with E-state index in [1.54, 1.807) is 0 Å². The summed E-state index contributed by atoms with van der Waals surface area (Å²) in [7, 11) is 2.18. The Morgan fingerprint density at radius 1 is 1.17 bits per heavy atom. The Hall–Kier alpha value is -1.54. The minimum absolute atomic E-state index is 0.573. The fourth-order valence-electron chi connectivity index (χ4n) is 2.70. The summed E-state index contributed by atoms with van der Waals surface area (Å²) >= 11 is 0. The quantitative estimate of drug-likeness (QED) is 0.817. The molecule has 2 heteroatoms. The summed E-state index contributed by atoms with van der Waals surface area (Å²) < 4.78 is 6.03. The molecule has 0 spiro atoms.